The molecule has 1 aromatic carbocycles. The number of ether oxygens (including phenoxy) is 4. The van der Waals surface area contributed by atoms with Crippen LogP contribution in [0.15, 0.2) is 30.3 Å². The summed E-state index contributed by atoms with van der Waals surface area (Å²) in [4.78, 5) is 35.1. The van der Waals surface area contributed by atoms with Crippen LogP contribution < -0.4 is 10.6 Å². The zero-order chi connectivity index (χ0) is 23.8. The van der Waals surface area contributed by atoms with Gasteiger partial charge >= 0.3 is 12.1 Å². The minimum absolute atomic E-state index is 0.0949. The first-order valence-corrected chi connectivity index (χ1v) is 10.8. The van der Waals surface area contributed by atoms with Crippen LogP contribution in [0.2, 0.25) is 0 Å². The molecule has 1 atom stereocenters. The van der Waals surface area contributed by atoms with Crippen molar-refractivity contribution < 1.29 is 33.3 Å². The highest BCUT2D eigenvalue weighted by Gasteiger charge is 2.15. The van der Waals surface area contributed by atoms with E-state index in [2.05, 4.69) is 10.6 Å². The number of amides is 2. The van der Waals surface area contributed by atoms with Crippen LogP contribution in [-0.2, 0) is 35.1 Å². The van der Waals surface area contributed by atoms with E-state index in [1.54, 1.807) is 20.8 Å². The van der Waals surface area contributed by atoms with Crippen molar-refractivity contribution in [2.24, 2.45) is 0 Å². The third kappa shape index (κ3) is 15.2. The number of carbonyl (C=O) groups is 3. The monoisotopic (exact) mass is 452 g/mol. The predicted molar refractivity (Wildman–Crippen MR) is 119 cm³/mol. The molecule has 0 fully saturated rings. The molecule has 0 saturated carbocycles. The summed E-state index contributed by atoms with van der Waals surface area (Å²) in [6, 6.07) is 9.28. The van der Waals surface area contributed by atoms with Gasteiger partial charge in [0.2, 0.25) is 5.91 Å². The maximum Gasteiger partial charge on any atom is 0.407 e. The fourth-order valence-corrected chi connectivity index (χ4v) is 2.46. The van der Waals surface area contributed by atoms with Crippen molar-refractivity contribution in [3.8, 4) is 0 Å². The molecule has 9 heteroatoms. The summed E-state index contributed by atoms with van der Waals surface area (Å²) in [5.41, 5.74) is 0.394. The highest BCUT2D eigenvalue weighted by atomic mass is 16.6. The summed E-state index contributed by atoms with van der Waals surface area (Å²) >= 11 is 0. The second-order valence-corrected chi connectivity index (χ2v) is 8.25. The van der Waals surface area contributed by atoms with E-state index in [0.717, 1.165) is 5.56 Å². The summed E-state index contributed by atoms with van der Waals surface area (Å²) in [6.45, 7) is 8.52. The lowest BCUT2D eigenvalue weighted by Gasteiger charge is -2.19. The van der Waals surface area contributed by atoms with Crippen LogP contribution in [0.4, 0.5) is 4.79 Å². The van der Waals surface area contributed by atoms with Crippen LogP contribution in [-0.4, -0.2) is 62.6 Å². The molecule has 32 heavy (non-hydrogen) atoms. The van der Waals surface area contributed by atoms with Crippen LogP contribution in [0.1, 0.15) is 46.1 Å². The number of rotatable bonds is 14. The maximum atomic E-state index is 11.9. The van der Waals surface area contributed by atoms with Gasteiger partial charge in [0.15, 0.2) is 0 Å². The average molecular weight is 453 g/mol. The van der Waals surface area contributed by atoms with Gasteiger partial charge in [0.25, 0.3) is 0 Å². The SMILES string of the molecule is CC(CCC(=O)OCc1ccccc1)NC(=O)COCCOCCNC(=O)OC(C)(C)C. The standard InChI is InChI=1S/C23H36N2O7/c1-18(10-11-21(27)31-16-19-8-6-5-7-9-19)25-20(26)17-30-15-14-29-13-12-24-22(28)32-23(2,3)4/h5-9,18H,10-17H2,1-4H3,(H,24,28)(H,25,26). The third-order valence-electron chi connectivity index (χ3n) is 3.95. The van der Waals surface area contributed by atoms with Gasteiger partial charge in [0, 0.05) is 19.0 Å². The van der Waals surface area contributed by atoms with Gasteiger partial charge in [0.05, 0.1) is 19.8 Å². The largest absolute Gasteiger partial charge is 0.461 e. The van der Waals surface area contributed by atoms with E-state index < -0.39 is 11.7 Å². The molecule has 2 amide bonds. The first-order chi connectivity index (χ1) is 15.2. The minimum Gasteiger partial charge on any atom is -0.461 e. The van der Waals surface area contributed by atoms with Crippen LogP contribution in [0, 0.1) is 0 Å². The molecule has 0 aliphatic heterocycles. The Morgan fingerprint density at radius 1 is 1.00 bits per heavy atom. The topological polar surface area (TPSA) is 112 Å². The van der Waals surface area contributed by atoms with E-state index >= 15 is 0 Å². The molecular weight excluding hydrogens is 416 g/mol. The number of alkyl carbamates (subject to hydrolysis) is 1. The van der Waals surface area contributed by atoms with E-state index in [1.807, 2.05) is 37.3 Å². The van der Waals surface area contributed by atoms with E-state index in [9.17, 15) is 14.4 Å². The molecule has 0 saturated heterocycles. The molecule has 9 nitrogen and oxygen atoms in total. The number of esters is 1. The van der Waals surface area contributed by atoms with E-state index in [1.165, 1.54) is 0 Å². The Balaban J connectivity index is 1.98. The van der Waals surface area contributed by atoms with Crippen LogP contribution in [0.3, 0.4) is 0 Å². The van der Waals surface area contributed by atoms with Gasteiger partial charge in [-0.3, -0.25) is 9.59 Å². The maximum absolute atomic E-state index is 11.9. The molecular formula is C23H36N2O7. The van der Waals surface area contributed by atoms with Gasteiger partial charge in [-0.2, -0.15) is 0 Å². The zero-order valence-corrected chi connectivity index (χ0v) is 19.5. The van der Waals surface area contributed by atoms with E-state index in [0.29, 0.717) is 26.2 Å². The summed E-state index contributed by atoms with van der Waals surface area (Å²) in [7, 11) is 0. The summed E-state index contributed by atoms with van der Waals surface area (Å²) in [6.07, 6.45) is 0.209. The molecule has 0 aromatic heterocycles. The third-order valence-corrected chi connectivity index (χ3v) is 3.95. The number of hydrogen-bond acceptors (Lipinski definition) is 7. The van der Waals surface area contributed by atoms with Crippen molar-refractivity contribution in [2.45, 2.75) is 58.8 Å². The van der Waals surface area contributed by atoms with Crippen LogP contribution in [0.25, 0.3) is 0 Å². The van der Waals surface area contributed by atoms with Gasteiger partial charge in [-0.1, -0.05) is 30.3 Å². The van der Waals surface area contributed by atoms with E-state index in [-0.39, 0.29) is 44.2 Å². The molecule has 0 radical (unpaired) electrons. The molecule has 0 spiro atoms. The Labute approximate surface area is 190 Å². The first-order valence-electron chi connectivity index (χ1n) is 10.8. The number of benzene rings is 1. The smallest absolute Gasteiger partial charge is 0.407 e. The fraction of sp³-hybridized carbons (Fsp3) is 0.609. The predicted octanol–water partition coefficient (Wildman–Crippen LogP) is 2.57. The van der Waals surface area contributed by atoms with Crippen molar-refractivity contribution in [3.63, 3.8) is 0 Å². The number of nitrogens with one attached hydrogen (secondary N) is 2. The van der Waals surface area contributed by atoms with Crippen molar-refractivity contribution in [3.05, 3.63) is 35.9 Å². The van der Waals surface area contributed by atoms with Crippen molar-refractivity contribution in [1.82, 2.24) is 10.6 Å². The van der Waals surface area contributed by atoms with E-state index in [4.69, 9.17) is 18.9 Å². The molecule has 0 aliphatic rings. The van der Waals surface area contributed by atoms with Gasteiger partial charge in [-0.25, -0.2) is 4.79 Å². The molecule has 1 unspecified atom stereocenters. The fourth-order valence-electron chi connectivity index (χ4n) is 2.46. The molecule has 1 aromatic rings. The first kappa shape index (κ1) is 27.4. The van der Waals surface area contributed by atoms with Crippen LogP contribution in [0.5, 0.6) is 0 Å². The minimum atomic E-state index is -0.539. The Morgan fingerprint density at radius 2 is 1.69 bits per heavy atom. The quantitative estimate of drug-likeness (QED) is 0.330. The molecule has 0 bridgehead atoms. The lowest BCUT2D eigenvalue weighted by Crippen LogP contribution is -2.36. The second kappa shape index (κ2) is 15.2. The van der Waals surface area contributed by atoms with Gasteiger partial charge in [0.1, 0.15) is 18.8 Å². The van der Waals surface area contributed by atoms with Gasteiger partial charge in [-0.05, 0) is 39.7 Å². The molecule has 1 rings (SSSR count). The lowest BCUT2D eigenvalue weighted by molar-refractivity contribution is -0.145. The van der Waals surface area contributed by atoms with Crippen LogP contribution >= 0.6 is 0 Å². The van der Waals surface area contributed by atoms with Gasteiger partial charge < -0.3 is 29.6 Å². The summed E-state index contributed by atoms with van der Waals surface area (Å²) in [5.74, 6) is -0.564. The second-order valence-electron chi connectivity index (χ2n) is 8.25. The summed E-state index contributed by atoms with van der Waals surface area (Å²) in [5, 5.41) is 5.36. The number of carbonyl (C=O) groups excluding carboxylic acids is 3. The molecule has 0 heterocycles. The van der Waals surface area contributed by atoms with Crippen molar-refractivity contribution >= 4 is 18.0 Å². The molecule has 180 valence electrons. The number of hydrogen-bond donors (Lipinski definition) is 2. The Morgan fingerprint density at radius 3 is 2.38 bits per heavy atom. The summed E-state index contributed by atoms with van der Waals surface area (Å²) < 4.78 is 20.9. The zero-order valence-electron chi connectivity index (χ0n) is 19.5. The lowest BCUT2D eigenvalue weighted by atomic mass is 10.2. The average Bonchev–Trinajstić information content (AvgIpc) is 2.72. The van der Waals surface area contributed by atoms with Crippen molar-refractivity contribution in [1.29, 1.82) is 0 Å². The highest BCUT2D eigenvalue weighted by Crippen LogP contribution is 2.06. The highest BCUT2D eigenvalue weighted by molar-refractivity contribution is 5.77. The van der Waals surface area contributed by atoms with Gasteiger partial charge in [-0.15, -0.1) is 0 Å². The normalized spacial score (nSPS) is 12.0. The van der Waals surface area contributed by atoms with Crippen molar-refractivity contribution in [2.75, 3.05) is 33.0 Å². The Bertz CT molecular complexity index is 689. The Hall–Kier alpha value is -2.65. The Kier molecular flexibility index (Phi) is 13.0. The molecule has 0 aliphatic carbocycles. The molecule has 2 N–H and O–H groups in total.